The number of amides is 2. The first-order valence-corrected chi connectivity index (χ1v) is 9.09. The fraction of sp³-hybridized carbons (Fsp3) is 0.300. The Morgan fingerprint density at radius 1 is 1.14 bits per heavy atom. The van der Waals surface area contributed by atoms with Crippen LogP contribution >= 0.6 is 11.6 Å². The number of hydrogen-bond acceptors (Lipinski definition) is 3. The molecule has 0 saturated heterocycles. The molecule has 0 fully saturated rings. The molecular weight excluding hydrogens is 390 g/mol. The van der Waals surface area contributed by atoms with Crippen molar-refractivity contribution in [3.05, 3.63) is 58.6 Å². The Morgan fingerprint density at radius 2 is 1.89 bits per heavy atom. The Morgan fingerprint density at radius 3 is 2.54 bits per heavy atom. The third kappa shape index (κ3) is 6.49. The third-order valence-electron chi connectivity index (χ3n) is 3.60. The van der Waals surface area contributed by atoms with Gasteiger partial charge in [-0.15, -0.1) is 0 Å². The summed E-state index contributed by atoms with van der Waals surface area (Å²) in [7, 11) is 0. The Kier molecular flexibility index (Phi) is 7.75. The van der Waals surface area contributed by atoms with Crippen molar-refractivity contribution in [2.75, 3.05) is 18.5 Å². The molecule has 150 valence electrons. The Balaban J connectivity index is 1.82. The summed E-state index contributed by atoms with van der Waals surface area (Å²) in [4.78, 5) is 23.9. The van der Waals surface area contributed by atoms with Crippen LogP contribution in [0.25, 0.3) is 0 Å². The van der Waals surface area contributed by atoms with Crippen LogP contribution in [0.1, 0.15) is 30.6 Å². The number of benzene rings is 2. The average Bonchev–Trinajstić information content (AvgIpc) is 2.60. The SMILES string of the molecule is CC(C)COc1ccc(NC(=O)CCNC(=O)c2ccc(F)cc2F)cc1Cl. The summed E-state index contributed by atoms with van der Waals surface area (Å²) in [6.07, 6.45) is -0.0300. The van der Waals surface area contributed by atoms with Gasteiger partial charge in [-0.2, -0.15) is 0 Å². The van der Waals surface area contributed by atoms with Crippen molar-refractivity contribution >= 4 is 29.1 Å². The van der Waals surface area contributed by atoms with Gasteiger partial charge >= 0.3 is 0 Å². The molecule has 2 aromatic carbocycles. The Bertz CT molecular complexity index is 859. The minimum absolute atomic E-state index is 0.00913. The van der Waals surface area contributed by atoms with E-state index in [1.54, 1.807) is 18.2 Å². The van der Waals surface area contributed by atoms with E-state index in [-0.39, 0.29) is 24.4 Å². The molecule has 0 unspecified atom stereocenters. The summed E-state index contributed by atoms with van der Waals surface area (Å²) in [6.45, 7) is 4.56. The van der Waals surface area contributed by atoms with Gasteiger partial charge in [-0.05, 0) is 36.2 Å². The number of ether oxygens (including phenoxy) is 1. The largest absolute Gasteiger partial charge is 0.492 e. The van der Waals surface area contributed by atoms with Crippen LogP contribution in [0, 0.1) is 17.6 Å². The van der Waals surface area contributed by atoms with Crippen LogP contribution < -0.4 is 15.4 Å². The number of nitrogens with one attached hydrogen (secondary N) is 2. The van der Waals surface area contributed by atoms with Gasteiger partial charge in [0.05, 0.1) is 17.2 Å². The normalized spacial score (nSPS) is 10.6. The number of anilines is 1. The van der Waals surface area contributed by atoms with Crippen LogP contribution in [0.2, 0.25) is 5.02 Å². The zero-order valence-electron chi connectivity index (χ0n) is 15.5. The van der Waals surface area contributed by atoms with Gasteiger partial charge in [0.25, 0.3) is 5.91 Å². The third-order valence-corrected chi connectivity index (χ3v) is 3.90. The van der Waals surface area contributed by atoms with Crippen molar-refractivity contribution in [2.45, 2.75) is 20.3 Å². The molecule has 2 amide bonds. The Labute approximate surface area is 167 Å². The summed E-state index contributed by atoms with van der Waals surface area (Å²) in [5.41, 5.74) is 0.202. The highest BCUT2D eigenvalue weighted by Crippen LogP contribution is 2.28. The highest BCUT2D eigenvalue weighted by atomic mass is 35.5. The van der Waals surface area contributed by atoms with E-state index in [1.165, 1.54) is 0 Å². The molecule has 0 atom stereocenters. The number of halogens is 3. The van der Waals surface area contributed by atoms with Crippen molar-refractivity contribution in [1.29, 1.82) is 0 Å². The maximum absolute atomic E-state index is 13.5. The molecule has 8 heteroatoms. The van der Waals surface area contributed by atoms with Gasteiger partial charge in [-0.1, -0.05) is 25.4 Å². The fourth-order valence-electron chi connectivity index (χ4n) is 2.23. The lowest BCUT2D eigenvalue weighted by Gasteiger charge is -2.12. The van der Waals surface area contributed by atoms with Crippen molar-refractivity contribution in [3.8, 4) is 5.75 Å². The molecule has 0 aliphatic rings. The van der Waals surface area contributed by atoms with Crippen molar-refractivity contribution in [1.82, 2.24) is 5.32 Å². The molecule has 2 N–H and O–H groups in total. The average molecular weight is 411 g/mol. The maximum atomic E-state index is 13.5. The first-order chi connectivity index (χ1) is 13.3. The lowest BCUT2D eigenvalue weighted by atomic mass is 10.2. The molecule has 0 radical (unpaired) electrons. The highest BCUT2D eigenvalue weighted by molar-refractivity contribution is 6.32. The predicted octanol–water partition coefficient (Wildman–Crippen LogP) is 4.41. The summed E-state index contributed by atoms with van der Waals surface area (Å²) < 4.78 is 32.0. The molecule has 0 aromatic heterocycles. The number of rotatable bonds is 8. The molecular formula is C20H21ClF2N2O3. The van der Waals surface area contributed by atoms with Gasteiger partial charge in [-0.3, -0.25) is 9.59 Å². The zero-order chi connectivity index (χ0) is 20.7. The molecule has 0 spiro atoms. The van der Waals surface area contributed by atoms with Crippen molar-refractivity contribution < 1.29 is 23.1 Å². The quantitative estimate of drug-likeness (QED) is 0.677. The van der Waals surface area contributed by atoms with Crippen LogP contribution in [0.3, 0.4) is 0 Å². The first kappa shape index (κ1) is 21.6. The molecule has 0 aliphatic heterocycles. The second-order valence-electron chi connectivity index (χ2n) is 6.53. The minimum Gasteiger partial charge on any atom is -0.492 e. The number of hydrogen-bond donors (Lipinski definition) is 2. The molecule has 0 heterocycles. The highest BCUT2D eigenvalue weighted by Gasteiger charge is 2.13. The lowest BCUT2D eigenvalue weighted by Crippen LogP contribution is -2.28. The van der Waals surface area contributed by atoms with Crippen LogP contribution in [0.4, 0.5) is 14.5 Å². The van der Waals surface area contributed by atoms with Gasteiger partial charge < -0.3 is 15.4 Å². The maximum Gasteiger partial charge on any atom is 0.254 e. The molecule has 0 saturated carbocycles. The van der Waals surface area contributed by atoms with Crippen LogP contribution in [0.5, 0.6) is 5.75 Å². The number of carbonyl (C=O) groups is 2. The van der Waals surface area contributed by atoms with Gasteiger partial charge in [0, 0.05) is 24.7 Å². The standard InChI is InChI=1S/C20H21ClF2N2O3/c1-12(2)11-28-18-6-4-14(10-16(18)21)25-19(26)7-8-24-20(27)15-5-3-13(22)9-17(15)23/h3-6,9-10,12H,7-8,11H2,1-2H3,(H,24,27)(H,25,26). The second kappa shape index (κ2) is 10.0. The Hall–Kier alpha value is -2.67. The molecule has 5 nitrogen and oxygen atoms in total. The number of carbonyl (C=O) groups excluding carboxylic acids is 2. The molecule has 2 rings (SSSR count). The molecule has 0 aliphatic carbocycles. The van der Waals surface area contributed by atoms with E-state index >= 15 is 0 Å². The summed E-state index contributed by atoms with van der Waals surface area (Å²) in [5.74, 6) is -1.92. The smallest absolute Gasteiger partial charge is 0.254 e. The summed E-state index contributed by atoms with van der Waals surface area (Å²) in [6, 6.07) is 7.56. The van der Waals surface area contributed by atoms with Crippen LogP contribution in [-0.4, -0.2) is 25.0 Å². The van der Waals surface area contributed by atoms with E-state index in [1.807, 2.05) is 13.8 Å². The summed E-state index contributed by atoms with van der Waals surface area (Å²) in [5, 5.41) is 5.44. The lowest BCUT2D eigenvalue weighted by molar-refractivity contribution is -0.116. The first-order valence-electron chi connectivity index (χ1n) is 8.71. The zero-order valence-corrected chi connectivity index (χ0v) is 16.3. The fourth-order valence-corrected chi connectivity index (χ4v) is 2.47. The van der Waals surface area contributed by atoms with Crippen LogP contribution in [-0.2, 0) is 4.79 Å². The van der Waals surface area contributed by atoms with Crippen molar-refractivity contribution in [2.24, 2.45) is 5.92 Å². The summed E-state index contributed by atoms with van der Waals surface area (Å²) >= 11 is 6.14. The topological polar surface area (TPSA) is 67.4 Å². The molecule has 28 heavy (non-hydrogen) atoms. The second-order valence-corrected chi connectivity index (χ2v) is 6.94. The molecule has 0 bridgehead atoms. The van der Waals surface area contributed by atoms with E-state index in [0.717, 1.165) is 12.1 Å². The van der Waals surface area contributed by atoms with E-state index in [9.17, 15) is 18.4 Å². The van der Waals surface area contributed by atoms with Gasteiger partial charge in [0.15, 0.2) is 0 Å². The van der Waals surface area contributed by atoms with Gasteiger partial charge in [0.1, 0.15) is 17.4 Å². The van der Waals surface area contributed by atoms with E-state index in [0.29, 0.717) is 35.1 Å². The molecule has 2 aromatic rings. The van der Waals surface area contributed by atoms with Crippen molar-refractivity contribution in [3.63, 3.8) is 0 Å². The van der Waals surface area contributed by atoms with E-state index in [4.69, 9.17) is 16.3 Å². The van der Waals surface area contributed by atoms with E-state index < -0.39 is 17.5 Å². The minimum atomic E-state index is -0.962. The monoisotopic (exact) mass is 410 g/mol. The predicted molar refractivity (Wildman–Crippen MR) is 104 cm³/mol. The van der Waals surface area contributed by atoms with Gasteiger partial charge in [-0.25, -0.2) is 8.78 Å². The van der Waals surface area contributed by atoms with Crippen LogP contribution in [0.15, 0.2) is 36.4 Å². The van der Waals surface area contributed by atoms with Gasteiger partial charge in [0.2, 0.25) is 5.91 Å². The van der Waals surface area contributed by atoms with E-state index in [2.05, 4.69) is 10.6 Å².